The summed E-state index contributed by atoms with van der Waals surface area (Å²) in [5.74, 6) is -1.06. The highest BCUT2D eigenvalue weighted by molar-refractivity contribution is 6.15. The molecule has 0 spiro atoms. The molecular weight excluding hydrogens is 144 g/mol. The van der Waals surface area contributed by atoms with Crippen molar-refractivity contribution in [1.29, 1.82) is 0 Å². The van der Waals surface area contributed by atoms with Gasteiger partial charge in [-0.3, -0.25) is 4.79 Å². The monoisotopic (exact) mass is 154 g/mol. The molecule has 0 aromatic heterocycles. The van der Waals surface area contributed by atoms with Crippen LogP contribution in [0.1, 0.15) is 6.92 Å². The Morgan fingerprint density at radius 2 is 2.09 bits per heavy atom. The lowest BCUT2D eigenvalue weighted by atomic mass is 10.2. The molecule has 0 bridgehead atoms. The molecule has 0 amide bonds. The fraction of sp³-hybridized carbons (Fsp3) is 0.250. The highest BCUT2D eigenvalue weighted by Gasteiger charge is 2.11. The number of Topliss-reactive ketones (excluding diaryl/α,β-unsaturated/α-hetero) is 1. The maximum atomic E-state index is 10.8. The largest absolute Gasteiger partial charge is 0.458 e. The standard InChI is InChI=1S/C8H10O3/c1-4-5-11-8(10)6(2)7(3)9/h4H,1-2,5H2,3H3. The smallest absolute Gasteiger partial charge is 0.341 e. The van der Waals surface area contributed by atoms with Crippen LogP contribution in [0.25, 0.3) is 0 Å². The molecule has 0 unspecified atom stereocenters. The lowest BCUT2D eigenvalue weighted by Crippen LogP contribution is -2.12. The highest BCUT2D eigenvalue weighted by Crippen LogP contribution is 1.95. The zero-order valence-electron chi connectivity index (χ0n) is 6.42. The van der Waals surface area contributed by atoms with Crippen molar-refractivity contribution in [1.82, 2.24) is 0 Å². The fourth-order valence-electron chi connectivity index (χ4n) is 0.365. The van der Waals surface area contributed by atoms with Gasteiger partial charge in [-0.2, -0.15) is 0 Å². The summed E-state index contributed by atoms with van der Waals surface area (Å²) in [7, 11) is 0. The van der Waals surface area contributed by atoms with Crippen molar-refractivity contribution in [3.63, 3.8) is 0 Å². The van der Waals surface area contributed by atoms with E-state index in [0.717, 1.165) is 0 Å². The van der Waals surface area contributed by atoms with Crippen LogP contribution in [0.3, 0.4) is 0 Å². The Hall–Kier alpha value is -1.38. The Morgan fingerprint density at radius 1 is 1.55 bits per heavy atom. The first-order chi connectivity index (χ1) is 5.09. The number of hydrogen-bond acceptors (Lipinski definition) is 3. The van der Waals surface area contributed by atoms with Crippen molar-refractivity contribution in [2.45, 2.75) is 6.92 Å². The minimum Gasteiger partial charge on any atom is -0.458 e. The Bertz CT molecular complexity index is 203. The number of carbonyl (C=O) groups is 2. The van der Waals surface area contributed by atoms with Crippen LogP contribution in [0.15, 0.2) is 24.8 Å². The van der Waals surface area contributed by atoms with Crippen LogP contribution in [0, 0.1) is 0 Å². The predicted molar refractivity (Wildman–Crippen MR) is 41.0 cm³/mol. The lowest BCUT2D eigenvalue weighted by Gasteiger charge is -2.00. The van der Waals surface area contributed by atoms with Gasteiger partial charge in [0.2, 0.25) is 0 Å². The third-order valence-corrected chi connectivity index (χ3v) is 1.00. The molecule has 0 N–H and O–H groups in total. The van der Waals surface area contributed by atoms with E-state index in [4.69, 9.17) is 0 Å². The Morgan fingerprint density at radius 3 is 2.45 bits per heavy atom. The topological polar surface area (TPSA) is 43.4 Å². The van der Waals surface area contributed by atoms with E-state index in [1.165, 1.54) is 13.0 Å². The van der Waals surface area contributed by atoms with Gasteiger partial charge in [-0.1, -0.05) is 19.2 Å². The van der Waals surface area contributed by atoms with E-state index in [-0.39, 0.29) is 18.0 Å². The minimum atomic E-state index is -0.683. The predicted octanol–water partition coefficient (Wildman–Crippen LogP) is 0.861. The van der Waals surface area contributed by atoms with Gasteiger partial charge < -0.3 is 4.74 Å². The van der Waals surface area contributed by atoms with Gasteiger partial charge in [0, 0.05) is 0 Å². The zero-order chi connectivity index (χ0) is 8.85. The summed E-state index contributed by atoms with van der Waals surface area (Å²) >= 11 is 0. The molecule has 0 saturated carbocycles. The average Bonchev–Trinajstić information content (AvgIpc) is 1.98. The van der Waals surface area contributed by atoms with E-state index in [9.17, 15) is 9.59 Å². The maximum Gasteiger partial charge on any atom is 0.341 e. The highest BCUT2D eigenvalue weighted by atomic mass is 16.5. The summed E-state index contributed by atoms with van der Waals surface area (Å²) < 4.78 is 4.54. The van der Waals surface area contributed by atoms with Gasteiger partial charge in [-0.15, -0.1) is 0 Å². The molecule has 0 radical (unpaired) electrons. The summed E-state index contributed by atoms with van der Waals surface area (Å²) in [6, 6.07) is 0. The van der Waals surface area contributed by atoms with E-state index >= 15 is 0 Å². The molecule has 0 aromatic rings. The normalized spacial score (nSPS) is 8.45. The SMILES string of the molecule is C=CCOC(=O)C(=C)C(C)=O. The number of ketones is 1. The molecule has 0 aliphatic heterocycles. The third-order valence-electron chi connectivity index (χ3n) is 1.00. The molecule has 60 valence electrons. The Labute approximate surface area is 65.4 Å². The summed E-state index contributed by atoms with van der Waals surface area (Å²) in [4.78, 5) is 21.3. The van der Waals surface area contributed by atoms with Gasteiger partial charge in [0.25, 0.3) is 0 Å². The van der Waals surface area contributed by atoms with Crippen LogP contribution < -0.4 is 0 Å². The molecule has 0 rings (SSSR count). The Balaban J connectivity index is 3.94. The lowest BCUT2D eigenvalue weighted by molar-refractivity contribution is -0.139. The molecule has 0 aliphatic rings. The van der Waals surface area contributed by atoms with Crippen molar-refractivity contribution in [2.24, 2.45) is 0 Å². The average molecular weight is 154 g/mol. The first-order valence-corrected chi connectivity index (χ1v) is 3.07. The Kier molecular flexibility index (Phi) is 3.88. The molecule has 0 aromatic carbocycles. The van der Waals surface area contributed by atoms with Gasteiger partial charge in [-0.05, 0) is 6.92 Å². The van der Waals surface area contributed by atoms with Crippen LogP contribution in [-0.2, 0) is 14.3 Å². The van der Waals surface area contributed by atoms with Crippen molar-refractivity contribution in [2.75, 3.05) is 6.61 Å². The first kappa shape index (κ1) is 9.62. The minimum absolute atomic E-state index is 0.102. The summed E-state index contributed by atoms with van der Waals surface area (Å²) in [5.41, 5.74) is -0.133. The van der Waals surface area contributed by atoms with Gasteiger partial charge in [0.15, 0.2) is 5.78 Å². The second kappa shape index (κ2) is 4.44. The molecule has 0 heterocycles. The van der Waals surface area contributed by atoms with E-state index < -0.39 is 5.97 Å². The number of ether oxygens (including phenoxy) is 1. The second-order valence-electron chi connectivity index (χ2n) is 1.92. The fourth-order valence-corrected chi connectivity index (χ4v) is 0.365. The first-order valence-electron chi connectivity index (χ1n) is 3.07. The molecule has 3 nitrogen and oxygen atoms in total. The number of hydrogen-bond donors (Lipinski definition) is 0. The van der Waals surface area contributed by atoms with Crippen molar-refractivity contribution < 1.29 is 14.3 Å². The summed E-state index contributed by atoms with van der Waals surface area (Å²) in [5, 5.41) is 0. The number of esters is 1. The van der Waals surface area contributed by atoms with E-state index in [1.54, 1.807) is 0 Å². The van der Waals surface area contributed by atoms with Gasteiger partial charge >= 0.3 is 5.97 Å². The van der Waals surface area contributed by atoms with Gasteiger partial charge in [0.05, 0.1) is 5.57 Å². The van der Waals surface area contributed by atoms with Gasteiger partial charge in [-0.25, -0.2) is 4.79 Å². The van der Waals surface area contributed by atoms with E-state index in [2.05, 4.69) is 17.9 Å². The number of rotatable bonds is 4. The van der Waals surface area contributed by atoms with Crippen LogP contribution in [0.5, 0.6) is 0 Å². The quantitative estimate of drug-likeness (QED) is 0.198. The summed E-state index contributed by atoms with van der Waals surface area (Å²) in [6.07, 6.45) is 1.42. The van der Waals surface area contributed by atoms with E-state index in [1.807, 2.05) is 0 Å². The zero-order valence-corrected chi connectivity index (χ0v) is 6.42. The van der Waals surface area contributed by atoms with Crippen molar-refractivity contribution in [3.05, 3.63) is 24.8 Å². The molecule has 11 heavy (non-hydrogen) atoms. The molecule has 0 saturated heterocycles. The van der Waals surface area contributed by atoms with Crippen LogP contribution in [-0.4, -0.2) is 18.4 Å². The van der Waals surface area contributed by atoms with Crippen LogP contribution in [0.4, 0.5) is 0 Å². The molecule has 0 fully saturated rings. The van der Waals surface area contributed by atoms with Crippen molar-refractivity contribution in [3.8, 4) is 0 Å². The second-order valence-corrected chi connectivity index (χ2v) is 1.92. The van der Waals surface area contributed by atoms with Gasteiger partial charge in [0.1, 0.15) is 6.61 Å². The summed E-state index contributed by atoms with van der Waals surface area (Å²) in [6.45, 7) is 7.96. The van der Waals surface area contributed by atoms with Crippen LogP contribution in [0.2, 0.25) is 0 Å². The molecule has 0 atom stereocenters. The third kappa shape index (κ3) is 3.35. The molecule has 0 aliphatic carbocycles. The van der Waals surface area contributed by atoms with E-state index in [0.29, 0.717) is 0 Å². The number of carbonyl (C=O) groups excluding carboxylic acids is 2. The van der Waals surface area contributed by atoms with Crippen molar-refractivity contribution >= 4 is 11.8 Å². The van der Waals surface area contributed by atoms with Crippen LogP contribution >= 0.6 is 0 Å². The molecular formula is C8H10O3. The molecule has 3 heteroatoms. The maximum absolute atomic E-state index is 10.8.